The number of ketones is 1. The summed E-state index contributed by atoms with van der Waals surface area (Å²) < 4.78 is 1.96. The van der Waals surface area contributed by atoms with Gasteiger partial charge < -0.3 is 5.73 Å². The number of nitrogens with two attached hydrogens (primary N) is 1. The van der Waals surface area contributed by atoms with Gasteiger partial charge in [-0.25, -0.2) is 0 Å². The third-order valence-corrected chi connectivity index (χ3v) is 4.31. The Morgan fingerprint density at radius 3 is 2.89 bits per heavy atom. The lowest BCUT2D eigenvalue weighted by Gasteiger charge is -2.16. The van der Waals surface area contributed by atoms with E-state index in [1.807, 2.05) is 4.68 Å². The van der Waals surface area contributed by atoms with Gasteiger partial charge in [0, 0.05) is 24.6 Å². The number of carbonyl (C=O) groups is 1. The average molecular weight is 263 g/mol. The Bertz CT molecular complexity index is 439. The minimum Gasteiger partial charge on any atom is -0.330 e. The number of carbonyl (C=O) groups excluding carboxylic acids is 1. The quantitative estimate of drug-likeness (QED) is 0.853. The average Bonchev–Trinajstić information content (AvgIpc) is 3.04. The topological polar surface area (TPSA) is 60.9 Å². The highest BCUT2D eigenvalue weighted by Crippen LogP contribution is 2.32. The van der Waals surface area contributed by atoms with Crippen LogP contribution in [-0.2, 0) is 24.2 Å². The van der Waals surface area contributed by atoms with Crippen molar-refractivity contribution in [1.29, 1.82) is 0 Å². The molecule has 0 amide bonds. The summed E-state index contributed by atoms with van der Waals surface area (Å²) in [7, 11) is 0. The van der Waals surface area contributed by atoms with Gasteiger partial charge in [0.2, 0.25) is 0 Å². The predicted molar refractivity (Wildman–Crippen MR) is 75.9 cm³/mol. The van der Waals surface area contributed by atoms with Crippen molar-refractivity contribution >= 4 is 5.78 Å². The van der Waals surface area contributed by atoms with E-state index < -0.39 is 0 Å². The van der Waals surface area contributed by atoms with Gasteiger partial charge in [-0.2, -0.15) is 5.10 Å². The van der Waals surface area contributed by atoms with E-state index in [1.165, 1.54) is 0 Å². The van der Waals surface area contributed by atoms with E-state index in [1.54, 1.807) is 0 Å². The molecule has 0 spiro atoms. The van der Waals surface area contributed by atoms with Crippen LogP contribution in [0.4, 0.5) is 0 Å². The van der Waals surface area contributed by atoms with Crippen LogP contribution in [0.25, 0.3) is 0 Å². The fourth-order valence-corrected chi connectivity index (χ4v) is 3.16. The van der Waals surface area contributed by atoms with Crippen LogP contribution in [0.1, 0.15) is 44.5 Å². The lowest BCUT2D eigenvalue weighted by Crippen LogP contribution is -2.27. The minimum absolute atomic E-state index is 0.176. The first-order chi connectivity index (χ1) is 9.19. The van der Waals surface area contributed by atoms with E-state index in [9.17, 15) is 4.79 Å². The van der Waals surface area contributed by atoms with Crippen molar-refractivity contribution in [3.8, 4) is 0 Å². The SMILES string of the molecule is CCc1cc(CC(=O)C2CCCC2CN)n(CC)n1. The molecule has 0 radical (unpaired) electrons. The van der Waals surface area contributed by atoms with Gasteiger partial charge in [0.05, 0.1) is 5.69 Å². The fourth-order valence-electron chi connectivity index (χ4n) is 3.16. The molecule has 1 heterocycles. The molecule has 1 aromatic heterocycles. The molecule has 4 nitrogen and oxygen atoms in total. The molecule has 1 saturated carbocycles. The van der Waals surface area contributed by atoms with Gasteiger partial charge in [-0.05, 0) is 44.7 Å². The number of nitrogens with zero attached hydrogens (tertiary/aromatic N) is 2. The Kier molecular flexibility index (Phi) is 4.75. The summed E-state index contributed by atoms with van der Waals surface area (Å²) in [6.07, 6.45) is 4.71. The molecule has 2 unspecified atom stereocenters. The van der Waals surface area contributed by atoms with Gasteiger partial charge in [0.25, 0.3) is 0 Å². The lowest BCUT2D eigenvalue weighted by atomic mass is 9.90. The minimum atomic E-state index is 0.176. The first kappa shape index (κ1) is 14.3. The van der Waals surface area contributed by atoms with Crippen molar-refractivity contribution in [3.05, 3.63) is 17.5 Å². The van der Waals surface area contributed by atoms with Crippen molar-refractivity contribution in [2.75, 3.05) is 6.54 Å². The molecule has 1 aromatic rings. The molecule has 106 valence electrons. The summed E-state index contributed by atoms with van der Waals surface area (Å²) in [5, 5.41) is 4.51. The van der Waals surface area contributed by atoms with Crippen molar-refractivity contribution < 1.29 is 4.79 Å². The van der Waals surface area contributed by atoms with E-state index in [2.05, 4.69) is 25.0 Å². The van der Waals surface area contributed by atoms with E-state index in [0.29, 0.717) is 24.7 Å². The van der Waals surface area contributed by atoms with Crippen molar-refractivity contribution in [2.24, 2.45) is 17.6 Å². The Morgan fingerprint density at radius 2 is 2.26 bits per heavy atom. The van der Waals surface area contributed by atoms with Crippen LogP contribution in [0.15, 0.2) is 6.07 Å². The predicted octanol–water partition coefficient (Wildman–Crippen LogP) is 1.95. The molecule has 0 bridgehead atoms. The van der Waals surface area contributed by atoms with Crippen molar-refractivity contribution in [3.63, 3.8) is 0 Å². The van der Waals surface area contributed by atoms with E-state index in [4.69, 9.17) is 5.73 Å². The largest absolute Gasteiger partial charge is 0.330 e. The van der Waals surface area contributed by atoms with Crippen LogP contribution in [-0.4, -0.2) is 22.1 Å². The van der Waals surface area contributed by atoms with Gasteiger partial charge in [-0.15, -0.1) is 0 Å². The summed E-state index contributed by atoms with van der Waals surface area (Å²) in [5.74, 6) is 0.927. The summed E-state index contributed by atoms with van der Waals surface area (Å²) in [6.45, 7) is 5.63. The molecule has 1 fully saturated rings. The number of rotatable bonds is 6. The smallest absolute Gasteiger partial charge is 0.142 e. The number of hydrogen-bond acceptors (Lipinski definition) is 3. The van der Waals surface area contributed by atoms with Gasteiger partial charge >= 0.3 is 0 Å². The van der Waals surface area contributed by atoms with E-state index >= 15 is 0 Å². The monoisotopic (exact) mass is 263 g/mol. The maximum Gasteiger partial charge on any atom is 0.142 e. The number of Topliss-reactive ketones (excluding diaryl/α,β-unsaturated/α-hetero) is 1. The second-order valence-electron chi connectivity index (χ2n) is 5.47. The van der Waals surface area contributed by atoms with Gasteiger partial charge in [0.1, 0.15) is 5.78 Å². The highest BCUT2D eigenvalue weighted by Gasteiger charge is 2.32. The highest BCUT2D eigenvalue weighted by molar-refractivity contribution is 5.83. The molecular weight excluding hydrogens is 238 g/mol. The van der Waals surface area contributed by atoms with Gasteiger partial charge in [-0.3, -0.25) is 9.48 Å². The molecule has 2 N–H and O–H groups in total. The van der Waals surface area contributed by atoms with Gasteiger partial charge in [-0.1, -0.05) is 13.3 Å². The lowest BCUT2D eigenvalue weighted by molar-refractivity contribution is -0.123. The highest BCUT2D eigenvalue weighted by atomic mass is 16.1. The molecule has 0 aromatic carbocycles. The zero-order valence-electron chi connectivity index (χ0n) is 12.1. The first-order valence-electron chi connectivity index (χ1n) is 7.47. The normalized spacial score (nSPS) is 22.9. The third kappa shape index (κ3) is 3.06. The summed E-state index contributed by atoms with van der Waals surface area (Å²) >= 11 is 0. The molecule has 1 aliphatic rings. The first-order valence-corrected chi connectivity index (χ1v) is 7.47. The number of hydrogen-bond donors (Lipinski definition) is 1. The van der Waals surface area contributed by atoms with Crippen molar-refractivity contribution in [2.45, 2.75) is 52.5 Å². The Hall–Kier alpha value is -1.16. The summed E-state index contributed by atoms with van der Waals surface area (Å²) in [4.78, 5) is 12.5. The second-order valence-corrected chi connectivity index (χ2v) is 5.47. The molecule has 1 aliphatic carbocycles. The third-order valence-electron chi connectivity index (χ3n) is 4.31. The standard InChI is InChI=1S/C15H25N3O/c1-3-12-8-13(18(4-2)17-12)9-15(19)14-7-5-6-11(14)10-16/h8,11,14H,3-7,9-10,16H2,1-2H3. The zero-order valence-corrected chi connectivity index (χ0v) is 12.1. The number of aromatic nitrogens is 2. The Balaban J connectivity index is 2.07. The Morgan fingerprint density at radius 1 is 1.47 bits per heavy atom. The Labute approximate surface area is 115 Å². The number of aryl methyl sites for hydroxylation is 2. The van der Waals surface area contributed by atoms with Crippen LogP contribution >= 0.6 is 0 Å². The molecule has 0 saturated heterocycles. The fraction of sp³-hybridized carbons (Fsp3) is 0.733. The van der Waals surface area contributed by atoms with Crippen LogP contribution < -0.4 is 5.73 Å². The van der Waals surface area contributed by atoms with Crippen LogP contribution in [0.2, 0.25) is 0 Å². The van der Waals surface area contributed by atoms with E-state index in [0.717, 1.165) is 43.6 Å². The van der Waals surface area contributed by atoms with Crippen LogP contribution in [0, 0.1) is 11.8 Å². The molecule has 2 rings (SSSR count). The second kappa shape index (κ2) is 6.33. The molecule has 2 atom stereocenters. The maximum atomic E-state index is 12.5. The van der Waals surface area contributed by atoms with Crippen molar-refractivity contribution in [1.82, 2.24) is 9.78 Å². The summed E-state index contributed by atoms with van der Waals surface area (Å²) in [5.41, 5.74) is 7.90. The molecular formula is C15H25N3O. The van der Waals surface area contributed by atoms with Gasteiger partial charge in [0.15, 0.2) is 0 Å². The zero-order chi connectivity index (χ0) is 13.8. The summed E-state index contributed by atoms with van der Waals surface area (Å²) in [6, 6.07) is 2.08. The van der Waals surface area contributed by atoms with Crippen LogP contribution in [0.3, 0.4) is 0 Å². The maximum absolute atomic E-state index is 12.5. The van der Waals surface area contributed by atoms with E-state index in [-0.39, 0.29) is 5.92 Å². The molecule has 4 heteroatoms. The van der Waals surface area contributed by atoms with Crippen LogP contribution in [0.5, 0.6) is 0 Å². The molecule has 0 aliphatic heterocycles. The molecule has 19 heavy (non-hydrogen) atoms.